The third-order valence-electron chi connectivity index (χ3n) is 6.47. The molecule has 0 amide bonds. The summed E-state index contributed by atoms with van der Waals surface area (Å²) < 4.78 is 46.3. The Kier molecular flexibility index (Phi) is 7.02. The lowest BCUT2D eigenvalue weighted by molar-refractivity contribution is 0.165. The average Bonchev–Trinajstić information content (AvgIpc) is 3.27. The molecule has 0 aliphatic carbocycles. The van der Waals surface area contributed by atoms with Gasteiger partial charge in [-0.1, -0.05) is 48.0 Å². The SMILES string of the molecule is Cc1ccccc1-c1cc2c(c(OCC3CCOC3)c1)OCCN(S(=O)(=O)c1ccccc1Cl)C2. The fourth-order valence-corrected chi connectivity index (χ4v) is 6.44. The maximum atomic E-state index is 13.5. The van der Waals surface area contributed by atoms with Crippen molar-refractivity contribution in [3.05, 3.63) is 76.8 Å². The van der Waals surface area contributed by atoms with E-state index in [1.165, 1.54) is 10.4 Å². The van der Waals surface area contributed by atoms with Crippen LogP contribution in [0, 0.1) is 12.8 Å². The Morgan fingerprint density at radius 2 is 1.89 bits per heavy atom. The molecular weight excluding hydrogens is 486 g/mol. The van der Waals surface area contributed by atoms with Gasteiger partial charge < -0.3 is 14.2 Å². The molecule has 1 atom stereocenters. The van der Waals surface area contributed by atoms with Crippen molar-refractivity contribution < 1.29 is 22.6 Å². The molecule has 0 aromatic heterocycles. The van der Waals surface area contributed by atoms with Crippen LogP contribution in [0.1, 0.15) is 17.5 Å². The molecule has 0 saturated carbocycles. The number of nitrogens with zero attached hydrogens (tertiary/aromatic N) is 1. The van der Waals surface area contributed by atoms with Gasteiger partial charge in [-0.2, -0.15) is 4.31 Å². The van der Waals surface area contributed by atoms with E-state index < -0.39 is 10.0 Å². The molecule has 8 heteroatoms. The van der Waals surface area contributed by atoms with Crippen molar-refractivity contribution in [3.8, 4) is 22.6 Å². The van der Waals surface area contributed by atoms with E-state index in [2.05, 4.69) is 19.1 Å². The molecule has 5 rings (SSSR count). The molecular formula is C27H28ClNO5S. The second-order valence-corrected chi connectivity index (χ2v) is 11.2. The van der Waals surface area contributed by atoms with Crippen molar-refractivity contribution in [1.82, 2.24) is 4.31 Å². The topological polar surface area (TPSA) is 65.1 Å². The second-order valence-electron chi connectivity index (χ2n) is 8.94. The van der Waals surface area contributed by atoms with Crippen molar-refractivity contribution in [2.75, 3.05) is 33.0 Å². The minimum atomic E-state index is -3.82. The first-order chi connectivity index (χ1) is 16.9. The van der Waals surface area contributed by atoms with Gasteiger partial charge in [-0.05, 0) is 54.3 Å². The quantitative estimate of drug-likeness (QED) is 0.446. The van der Waals surface area contributed by atoms with Crippen LogP contribution in [0.15, 0.2) is 65.6 Å². The summed E-state index contributed by atoms with van der Waals surface area (Å²) in [5.41, 5.74) is 3.91. The predicted octanol–water partition coefficient (Wildman–Crippen LogP) is 5.31. The number of rotatable bonds is 6. The maximum Gasteiger partial charge on any atom is 0.244 e. The summed E-state index contributed by atoms with van der Waals surface area (Å²) >= 11 is 6.25. The third kappa shape index (κ3) is 5.05. The standard InChI is InChI=1S/C27H28ClNO5S/c1-19-6-2-3-7-23(19)21-14-22-16-29(35(30,31)26-9-5-4-8-24(26)28)11-13-33-27(22)25(15-21)34-18-20-10-12-32-17-20/h2-9,14-15,20H,10-13,16-18H2,1H3. The first kappa shape index (κ1) is 24.1. The Balaban J connectivity index is 1.54. The van der Waals surface area contributed by atoms with Gasteiger partial charge in [0, 0.05) is 31.2 Å². The molecule has 3 aromatic rings. The van der Waals surface area contributed by atoms with Gasteiger partial charge in [0.2, 0.25) is 10.0 Å². The van der Waals surface area contributed by atoms with Crippen molar-refractivity contribution >= 4 is 21.6 Å². The highest BCUT2D eigenvalue weighted by atomic mass is 35.5. The van der Waals surface area contributed by atoms with Gasteiger partial charge in [0.15, 0.2) is 11.5 Å². The van der Waals surface area contributed by atoms with Gasteiger partial charge in [0.25, 0.3) is 0 Å². The van der Waals surface area contributed by atoms with E-state index in [1.807, 2.05) is 24.3 Å². The number of halogens is 1. The average molecular weight is 514 g/mol. The minimum absolute atomic E-state index is 0.0953. The summed E-state index contributed by atoms with van der Waals surface area (Å²) in [6.07, 6.45) is 0.963. The number of hydrogen-bond donors (Lipinski definition) is 0. The third-order valence-corrected chi connectivity index (χ3v) is 8.82. The fraction of sp³-hybridized carbons (Fsp3) is 0.333. The van der Waals surface area contributed by atoms with Crippen LogP contribution in [-0.2, 0) is 21.3 Å². The van der Waals surface area contributed by atoms with Crippen LogP contribution in [0.3, 0.4) is 0 Å². The maximum absolute atomic E-state index is 13.5. The Labute approximate surface area is 211 Å². The minimum Gasteiger partial charge on any atom is -0.489 e. The lowest BCUT2D eigenvalue weighted by Gasteiger charge is -2.21. The van der Waals surface area contributed by atoms with Gasteiger partial charge in [-0.25, -0.2) is 8.42 Å². The number of aryl methyl sites for hydroxylation is 1. The molecule has 1 unspecified atom stereocenters. The highest BCUT2D eigenvalue weighted by Crippen LogP contribution is 2.40. The van der Waals surface area contributed by atoms with Crippen LogP contribution in [0.2, 0.25) is 5.02 Å². The smallest absolute Gasteiger partial charge is 0.244 e. The molecule has 1 saturated heterocycles. The van der Waals surface area contributed by atoms with Gasteiger partial charge in [0.1, 0.15) is 11.5 Å². The van der Waals surface area contributed by atoms with Gasteiger partial charge in [-0.3, -0.25) is 0 Å². The lowest BCUT2D eigenvalue weighted by Crippen LogP contribution is -2.32. The first-order valence-corrected chi connectivity index (χ1v) is 13.6. The number of ether oxygens (including phenoxy) is 3. The Bertz CT molecular complexity index is 1320. The Morgan fingerprint density at radius 3 is 2.66 bits per heavy atom. The molecule has 3 aromatic carbocycles. The molecule has 35 heavy (non-hydrogen) atoms. The zero-order chi connectivity index (χ0) is 24.4. The number of sulfonamides is 1. The van der Waals surface area contributed by atoms with Crippen LogP contribution >= 0.6 is 11.6 Å². The predicted molar refractivity (Wildman–Crippen MR) is 136 cm³/mol. The number of hydrogen-bond acceptors (Lipinski definition) is 5. The number of fused-ring (bicyclic) bond motifs is 1. The molecule has 184 valence electrons. The van der Waals surface area contributed by atoms with Gasteiger partial charge in [0.05, 0.1) is 18.2 Å². The molecule has 0 radical (unpaired) electrons. The highest BCUT2D eigenvalue weighted by Gasteiger charge is 2.31. The van der Waals surface area contributed by atoms with Crippen LogP contribution in [0.25, 0.3) is 11.1 Å². The van der Waals surface area contributed by atoms with Crippen molar-refractivity contribution in [3.63, 3.8) is 0 Å². The van der Waals surface area contributed by atoms with Crippen molar-refractivity contribution in [2.24, 2.45) is 5.92 Å². The lowest BCUT2D eigenvalue weighted by atomic mass is 9.98. The fourth-order valence-electron chi connectivity index (χ4n) is 4.54. The van der Waals surface area contributed by atoms with Crippen molar-refractivity contribution in [1.29, 1.82) is 0 Å². The van der Waals surface area contributed by atoms with E-state index in [0.717, 1.165) is 35.3 Å². The summed E-state index contributed by atoms with van der Waals surface area (Å²) in [6.45, 7) is 4.59. The molecule has 6 nitrogen and oxygen atoms in total. The monoisotopic (exact) mass is 513 g/mol. The van der Waals surface area contributed by atoms with Crippen LogP contribution in [-0.4, -0.2) is 45.7 Å². The number of benzene rings is 3. The zero-order valence-electron chi connectivity index (χ0n) is 19.6. The largest absolute Gasteiger partial charge is 0.489 e. The Hall–Kier alpha value is -2.58. The van der Waals surface area contributed by atoms with E-state index in [0.29, 0.717) is 30.6 Å². The van der Waals surface area contributed by atoms with E-state index >= 15 is 0 Å². The van der Waals surface area contributed by atoms with Gasteiger partial charge in [-0.15, -0.1) is 0 Å². The normalized spacial score (nSPS) is 18.5. The van der Waals surface area contributed by atoms with Crippen LogP contribution in [0.5, 0.6) is 11.5 Å². The highest BCUT2D eigenvalue weighted by molar-refractivity contribution is 7.89. The van der Waals surface area contributed by atoms with Crippen LogP contribution in [0.4, 0.5) is 0 Å². The van der Waals surface area contributed by atoms with E-state index in [-0.39, 0.29) is 29.6 Å². The first-order valence-electron chi connectivity index (χ1n) is 11.7. The molecule has 0 spiro atoms. The van der Waals surface area contributed by atoms with Crippen LogP contribution < -0.4 is 9.47 Å². The molecule has 0 N–H and O–H groups in total. The summed E-state index contributed by atoms with van der Waals surface area (Å²) in [4.78, 5) is 0.0953. The molecule has 0 bridgehead atoms. The summed E-state index contributed by atoms with van der Waals surface area (Å²) in [7, 11) is -3.82. The second kappa shape index (κ2) is 10.2. The molecule has 2 heterocycles. The van der Waals surface area contributed by atoms with Crippen molar-refractivity contribution in [2.45, 2.75) is 24.8 Å². The van der Waals surface area contributed by atoms with E-state index in [9.17, 15) is 8.42 Å². The molecule has 2 aliphatic rings. The molecule has 2 aliphatic heterocycles. The summed E-state index contributed by atoms with van der Waals surface area (Å²) in [5, 5.41) is 0.203. The van der Waals surface area contributed by atoms with Gasteiger partial charge >= 0.3 is 0 Å². The molecule has 1 fully saturated rings. The van der Waals surface area contributed by atoms with E-state index in [4.69, 9.17) is 25.8 Å². The summed E-state index contributed by atoms with van der Waals surface area (Å²) in [6, 6.07) is 18.6. The summed E-state index contributed by atoms with van der Waals surface area (Å²) in [5.74, 6) is 1.55. The zero-order valence-corrected chi connectivity index (χ0v) is 21.1. The van der Waals surface area contributed by atoms with E-state index in [1.54, 1.807) is 18.2 Å². The Morgan fingerprint density at radius 1 is 1.09 bits per heavy atom.